The van der Waals surface area contributed by atoms with Gasteiger partial charge >= 0.3 is 0 Å². The summed E-state index contributed by atoms with van der Waals surface area (Å²) in [5, 5.41) is 3.55. The smallest absolute Gasteiger partial charge is 0.256 e. The minimum absolute atomic E-state index is 0.0204. The molecule has 8 aliphatic rings. The summed E-state index contributed by atoms with van der Waals surface area (Å²) < 4.78 is 24.3. The number of amides is 2. The number of rotatable bonds is 8. The number of nitrogens with zero attached hydrogens (tertiary/aromatic N) is 3. The van der Waals surface area contributed by atoms with Gasteiger partial charge in [-0.25, -0.2) is 0 Å². The van der Waals surface area contributed by atoms with E-state index in [2.05, 4.69) is 23.5 Å². The molecule has 4 saturated carbocycles. The molecular weight excluding hydrogens is 632 g/mol. The van der Waals surface area contributed by atoms with E-state index in [9.17, 15) is 9.59 Å². The molecule has 1 N–H and O–H groups in total. The highest BCUT2D eigenvalue weighted by atomic mass is 16.5. The monoisotopic (exact) mass is 674 g/mol. The Balaban J connectivity index is 0.791. The minimum Gasteiger partial charge on any atom is -0.493 e. The second-order valence-electron chi connectivity index (χ2n) is 16.1. The van der Waals surface area contributed by atoms with Gasteiger partial charge in [0.1, 0.15) is 0 Å². The van der Waals surface area contributed by atoms with Crippen LogP contribution in [0.25, 0.3) is 0 Å². The van der Waals surface area contributed by atoms with Crippen LogP contribution in [0.4, 0.5) is 11.4 Å². The zero-order chi connectivity index (χ0) is 33.8. The summed E-state index contributed by atoms with van der Waals surface area (Å²) in [7, 11) is 3.25. The molecule has 11 rings (SSSR count). The van der Waals surface area contributed by atoms with Crippen molar-refractivity contribution in [3.63, 3.8) is 0 Å². The molecule has 1 spiro atoms. The van der Waals surface area contributed by atoms with Gasteiger partial charge in [0.25, 0.3) is 11.8 Å². The van der Waals surface area contributed by atoms with Crippen molar-refractivity contribution in [2.24, 2.45) is 21.2 Å². The van der Waals surface area contributed by atoms with E-state index in [-0.39, 0.29) is 34.7 Å². The van der Waals surface area contributed by atoms with E-state index in [0.717, 1.165) is 44.3 Å². The topological polar surface area (TPSA) is 102 Å². The summed E-state index contributed by atoms with van der Waals surface area (Å²) in [6.45, 7) is 3.28. The summed E-state index contributed by atoms with van der Waals surface area (Å²) in [5.41, 5.74) is 5.70. The maximum atomic E-state index is 13.8. The molecule has 2 bridgehead atoms. The molecule has 258 valence electrons. The lowest BCUT2D eigenvalue weighted by Gasteiger charge is -2.70. The SMILES string of the molecule is COc1cc2c(cc1OCC13CC(COc4cc5c(cc4OC)C(=O)N4Cc6ccccc6C[C@H]4CN5)(C1)C3)N=C[C@@H]1CC3(CC3)CN1C2=O. The van der Waals surface area contributed by atoms with Crippen LogP contribution in [-0.4, -0.2) is 80.4 Å². The maximum Gasteiger partial charge on any atom is 0.256 e. The lowest BCUT2D eigenvalue weighted by molar-refractivity contribution is -0.232. The predicted molar refractivity (Wildman–Crippen MR) is 187 cm³/mol. The van der Waals surface area contributed by atoms with Crippen molar-refractivity contribution >= 4 is 29.4 Å². The predicted octanol–water partition coefficient (Wildman–Crippen LogP) is 6.04. The van der Waals surface area contributed by atoms with E-state index in [0.29, 0.717) is 71.5 Å². The first-order valence-electron chi connectivity index (χ1n) is 17.9. The lowest BCUT2D eigenvalue weighted by atomic mass is 9.35. The number of ether oxygens (including phenoxy) is 4. The average Bonchev–Trinajstić information content (AvgIpc) is 3.81. The number of hydrogen-bond donors (Lipinski definition) is 1. The van der Waals surface area contributed by atoms with Crippen molar-refractivity contribution < 1.29 is 28.5 Å². The number of anilines is 1. The van der Waals surface area contributed by atoms with Crippen molar-refractivity contribution in [1.29, 1.82) is 0 Å². The summed E-state index contributed by atoms with van der Waals surface area (Å²) in [5.74, 6) is 2.48. The first kappa shape index (κ1) is 30.1. The van der Waals surface area contributed by atoms with E-state index in [1.165, 1.54) is 24.0 Å². The minimum atomic E-state index is 0.0204. The van der Waals surface area contributed by atoms with Crippen LogP contribution >= 0.6 is 0 Å². The van der Waals surface area contributed by atoms with Crippen molar-refractivity contribution in [3.8, 4) is 23.0 Å². The molecule has 0 aromatic heterocycles. The van der Waals surface area contributed by atoms with Crippen molar-refractivity contribution in [2.45, 2.75) is 63.6 Å². The molecule has 50 heavy (non-hydrogen) atoms. The molecule has 10 heteroatoms. The largest absolute Gasteiger partial charge is 0.493 e. The number of aliphatic imine (C=N–C) groups is 1. The van der Waals surface area contributed by atoms with E-state index < -0.39 is 0 Å². The van der Waals surface area contributed by atoms with Gasteiger partial charge in [-0.15, -0.1) is 0 Å². The summed E-state index contributed by atoms with van der Waals surface area (Å²) in [6.07, 6.45) is 9.26. The van der Waals surface area contributed by atoms with E-state index >= 15 is 0 Å². The third-order valence-corrected chi connectivity index (χ3v) is 12.7. The Morgan fingerprint density at radius 1 is 0.820 bits per heavy atom. The molecule has 4 heterocycles. The van der Waals surface area contributed by atoms with Crippen LogP contribution in [0.1, 0.15) is 70.4 Å². The normalized spacial score (nSPS) is 28.8. The van der Waals surface area contributed by atoms with Gasteiger partial charge in [-0.1, -0.05) is 24.3 Å². The highest BCUT2D eigenvalue weighted by Gasteiger charge is 2.68. The second kappa shape index (κ2) is 10.6. The highest BCUT2D eigenvalue weighted by molar-refractivity contribution is 6.04. The standard InChI is InChI=1S/C40H42N4O6/c1-47-32-10-28-30(41-15-26-9-24-5-3-4-6-25(24)17-43(26)36(28)45)12-34(32)49-22-39-18-40(19-39,20-39)23-50-35-13-31-29(11-33(35)48-2)37(46)44-21-38(7-8-38)14-27(44)16-42-31/h3-6,10-13,16,26-27,41H,7-9,14-15,17-23H2,1-2H3/t26-,27-,39?,40?/m0/s1. The quantitative estimate of drug-likeness (QED) is 0.311. The van der Waals surface area contributed by atoms with Crippen molar-refractivity contribution in [3.05, 3.63) is 70.8 Å². The van der Waals surface area contributed by atoms with Crippen LogP contribution in [0, 0.1) is 16.2 Å². The molecule has 10 nitrogen and oxygen atoms in total. The number of benzene rings is 3. The number of hydrogen-bond acceptors (Lipinski definition) is 8. The van der Waals surface area contributed by atoms with Gasteiger partial charge in [-0.05, 0) is 73.6 Å². The first-order valence-corrected chi connectivity index (χ1v) is 17.9. The third-order valence-electron chi connectivity index (χ3n) is 12.7. The fourth-order valence-electron chi connectivity index (χ4n) is 9.96. The Bertz CT molecular complexity index is 1970. The van der Waals surface area contributed by atoms with Gasteiger partial charge in [0.05, 0.1) is 62.0 Å². The van der Waals surface area contributed by atoms with Crippen LogP contribution in [0.2, 0.25) is 0 Å². The number of carbonyl (C=O) groups is 2. The fraction of sp³-hybridized carbons (Fsp3) is 0.475. The van der Waals surface area contributed by atoms with Crippen LogP contribution < -0.4 is 24.3 Å². The first-order chi connectivity index (χ1) is 24.3. The summed E-state index contributed by atoms with van der Waals surface area (Å²) in [6, 6.07) is 16.0. The van der Waals surface area contributed by atoms with Crippen molar-refractivity contribution in [1.82, 2.24) is 9.80 Å². The molecule has 4 aliphatic heterocycles. The molecule has 1 saturated heterocycles. The Morgan fingerprint density at radius 3 is 2.18 bits per heavy atom. The maximum absolute atomic E-state index is 13.8. The highest BCUT2D eigenvalue weighted by Crippen LogP contribution is 2.73. The van der Waals surface area contributed by atoms with Gasteiger partial charge in [0.2, 0.25) is 0 Å². The van der Waals surface area contributed by atoms with Crippen molar-refractivity contribution in [2.75, 3.05) is 45.8 Å². The van der Waals surface area contributed by atoms with Crippen LogP contribution in [0.3, 0.4) is 0 Å². The van der Waals surface area contributed by atoms with E-state index in [1.54, 1.807) is 14.2 Å². The molecular formula is C40H42N4O6. The molecule has 4 aliphatic carbocycles. The van der Waals surface area contributed by atoms with E-state index in [4.69, 9.17) is 23.9 Å². The Hall–Kier alpha value is -4.73. The summed E-state index contributed by atoms with van der Waals surface area (Å²) >= 11 is 0. The molecule has 2 amide bonds. The zero-order valence-corrected chi connectivity index (χ0v) is 28.6. The Labute approximate surface area is 291 Å². The average molecular weight is 675 g/mol. The van der Waals surface area contributed by atoms with Gasteiger partial charge < -0.3 is 34.1 Å². The molecule has 0 unspecified atom stereocenters. The van der Waals surface area contributed by atoms with E-state index in [1.807, 2.05) is 46.3 Å². The zero-order valence-electron chi connectivity index (χ0n) is 28.6. The Kier molecular flexibility index (Phi) is 6.41. The van der Waals surface area contributed by atoms with Gasteiger partial charge in [0, 0.05) is 48.8 Å². The number of carbonyl (C=O) groups excluding carboxylic acids is 2. The number of fused-ring (bicyclic) bond motifs is 5. The number of nitrogens with one attached hydrogen (secondary N) is 1. The molecule has 2 atom stereocenters. The van der Waals surface area contributed by atoms with Crippen LogP contribution in [0.15, 0.2) is 53.5 Å². The molecule has 0 radical (unpaired) electrons. The summed E-state index contributed by atoms with van der Waals surface area (Å²) in [4.78, 5) is 36.1. The van der Waals surface area contributed by atoms with Crippen LogP contribution in [0.5, 0.6) is 23.0 Å². The number of methoxy groups -OCH3 is 2. The Morgan fingerprint density at radius 2 is 1.48 bits per heavy atom. The second-order valence-corrected chi connectivity index (χ2v) is 16.1. The van der Waals surface area contributed by atoms with Gasteiger partial charge in [-0.2, -0.15) is 0 Å². The molecule has 3 aromatic carbocycles. The fourth-order valence-corrected chi connectivity index (χ4v) is 9.96. The molecule has 5 fully saturated rings. The third kappa shape index (κ3) is 4.63. The van der Waals surface area contributed by atoms with Gasteiger partial charge in [0.15, 0.2) is 23.0 Å². The van der Waals surface area contributed by atoms with Crippen LogP contribution in [-0.2, 0) is 13.0 Å². The molecule has 3 aromatic rings. The van der Waals surface area contributed by atoms with Gasteiger partial charge in [-0.3, -0.25) is 14.6 Å². The lowest BCUT2D eigenvalue weighted by Crippen LogP contribution is -2.66.